The van der Waals surface area contributed by atoms with Gasteiger partial charge in [-0.3, -0.25) is 4.90 Å². The molecule has 2 fully saturated rings. The van der Waals surface area contributed by atoms with E-state index < -0.39 is 0 Å². The third-order valence-corrected chi connectivity index (χ3v) is 3.92. The Balaban J connectivity index is 1.77. The molecule has 0 bridgehead atoms. The van der Waals surface area contributed by atoms with Crippen LogP contribution in [-0.4, -0.2) is 36.6 Å². The first kappa shape index (κ1) is 11.4. The van der Waals surface area contributed by atoms with Crippen LogP contribution in [0.3, 0.4) is 0 Å². The van der Waals surface area contributed by atoms with Crippen LogP contribution in [0.15, 0.2) is 0 Å². The van der Waals surface area contributed by atoms with Crippen molar-refractivity contribution in [2.24, 2.45) is 11.8 Å². The predicted octanol–water partition coefficient (Wildman–Crippen LogP) is 2.10. The van der Waals surface area contributed by atoms with Gasteiger partial charge in [-0.1, -0.05) is 27.2 Å². The van der Waals surface area contributed by atoms with Crippen molar-refractivity contribution in [3.8, 4) is 0 Å². The number of hydrogen-bond donors (Lipinski definition) is 1. The fraction of sp³-hybridized carbons (Fsp3) is 1.00. The maximum atomic E-state index is 3.65. The molecular weight excluding hydrogens is 184 g/mol. The van der Waals surface area contributed by atoms with Gasteiger partial charge in [-0.25, -0.2) is 0 Å². The fourth-order valence-corrected chi connectivity index (χ4v) is 3.00. The van der Waals surface area contributed by atoms with E-state index in [1.54, 1.807) is 0 Å². The Morgan fingerprint density at radius 1 is 1.40 bits per heavy atom. The van der Waals surface area contributed by atoms with Gasteiger partial charge in [0.25, 0.3) is 0 Å². The highest BCUT2D eigenvalue weighted by Gasteiger charge is 2.41. The Kier molecular flexibility index (Phi) is 3.68. The number of hydrogen-bond acceptors (Lipinski definition) is 2. The Labute approximate surface area is 94.4 Å². The smallest absolute Gasteiger partial charge is 0.0198 e. The Morgan fingerprint density at radius 3 is 2.80 bits per heavy atom. The van der Waals surface area contributed by atoms with Gasteiger partial charge in [0.05, 0.1) is 0 Å². The van der Waals surface area contributed by atoms with Gasteiger partial charge in [0.15, 0.2) is 0 Å². The molecule has 1 heterocycles. The van der Waals surface area contributed by atoms with Gasteiger partial charge in [0, 0.05) is 31.7 Å². The van der Waals surface area contributed by atoms with E-state index in [0.29, 0.717) is 0 Å². The second-order valence-corrected chi connectivity index (χ2v) is 5.75. The minimum atomic E-state index is 0.747. The van der Waals surface area contributed by atoms with Crippen molar-refractivity contribution in [2.75, 3.05) is 19.6 Å². The van der Waals surface area contributed by atoms with Crippen molar-refractivity contribution in [3.05, 3.63) is 0 Å². The van der Waals surface area contributed by atoms with Crippen molar-refractivity contribution in [1.82, 2.24) is 10.2 Å². The molecule has 0 aromatic rings. The second-order valence-electron chi connectivity index (χ2n) is 5.75. The van der Waals surface area contributed by atoms with Crippen molar-refractivity contribution >= 4 is 0 Å². The van der Waals surface area contributed by atoms with E-state index in [1.165, 1.54) is 38.9 Å². The summed E-state index contributed by atoms with van der Waals surface area (Å²) in [5.74, 6) is 1.84. The zero-order chi connectivity index (χ0) is 10.8. The molecule has 2 rings (SSSR count). The van der Waals surface area contributed by atoms with Crippen molar-refractivity contribution in [3.63, 3.8) is 0 Å². The molecule has 1 aliphatic carbocycles. The highest BCUT2D eigenvalue weighted by atomic mass is 15.2. The van der Waals surface area contributed by atoms with Crippen LogP contribution in [0.1, 0.15) is 40.0 Å². The number of nitrogens with one attached hydrogen (secondary N) is 1. The van der Waals surface area contributed by atoms with E-state index >= 15 is 0 Å². The van der Waals surface area contributed by atoms with Crippen molar-refractivity contribution < 1.29 is 0 Å². The molecular formula is C13H26N2. The summed E-state index contributed by atoms with van der Waals surface area (Å²) in [5.41, 5.74) is 0. The van der Waals surface area contributed by atoms with Crippen LogP contribution in [0.2, 0.25) is 0 Å². The molecule has 2 heteroatoms. The van der Waals surface area contributed by atoms with E-state index in [0.717, 1.165) is 23.9 Å². The standard InChI is InChI=1S/C13H26N2/c1-4-11-8-13(11)15-6-5-14-12(9-15)7-10(2)3/h10-14H,4-9H2,1-3H3. The predicted molar refractivity (Wildman–Crippen MR) is 65.0 cm³/mol. The minimum absolute atomic E-state index is 0.747. The van der Waals surface area contributed by atoms with Gasteiger partial charge >= 0.3 is 0 Å². The lowest BCUT2D eigenvalue weighted by molar-refractivity contribution is 0.171. The van der Waals surface area contributed by atoms with E-state index in [2.05, 4.69) is 31.0 Å². The van der Waals surface area contributed by atoms with Crippen LogP contribution in [0.4, 0.5) is 0 Å². The van der Waals surface area contributed by atoms with E-state index in [-0.39, 0.29) is 0 Å². The van der Waals surface area contributed by atoms with Gasteiger partial charge in [-0.15, -0.1) is 0 Å². The van der Waals surface area contributed by atoms with Gasteiger partial charge in [0.2, 0.25) is 0 Å². The molecule has 15 heavy (non-hydrogen) atoms. The van der Waals surface area contributed by atoms with Crippen molar-refractivity contribution in [1.29, 1.82) is 0 Å². The minimum Gasteiger partial charge on any atom is -0.311 e. The van der Waals surface area contributed by atoms with E-state index in [1.807, 2.05) is 0 Å². The Bertz CT molecular complexity index is 203. The highest BCUT2D eigenvalue weighted by molar-refractivity contribution is 4.97. The molecule has 1 N–H and O–H groups in total. The maximum absolute atomic E-state index is 3.65. The lowest BCUT2D eigenvalue weighted by atomic mass is 10.0. The van der Waals surface area contributed by atoms with Gasteiger partial charge < -0.3 is 5.32 Å². The quantitative estimate of drug-likeness (QED) is 0.764. The topological polar surface area (TPSA) is 15.3 Å². The zero-order valence-corrected chi connectivity index (χ0v) is 10.5. The van der Waals surface area contributed by atoms with E-state index in [4.69, 9.17) is 0 Å². The first-order valence-electron chi connectivity index (χ1n) is 6.68. The lowest BCUT2D eigenvalue weighted by Gasteiger charge is -2.35. The monoisotopic (exact) mass is 210 g/mol. The Morgan fingerprint density at radius 2 is 2.20 bits per heavy atom. The first-order chi connectivity index (χ1) is 7.20. The molecule has 0 spiro atoms. The third-order valence-electron chi connectivity index (χ3n) is 3.92. The maximum Gasteiger partial charge on any atom is 0.0198 e. The van der Waals surface area contributed by atoms with Gasteiger partial charge in [0.1, 0.15) is 0 Å². The number of rotatable bonds is 4. The summed E-state index contributed by atoms with van der Waals surface area (Å²) in [4.78, 5) is 2.73. The normalized spacial score (nSPS) is 37.2. The summed E-state index contributed by atoms with van der Waals surface area (Å²) in [6.07, 6.45) is 4.17. The van der Waals surface area contributed by atoms with Crippen LogP contribution in [0.25, 0.3) is 0 Å². The van der Waals surface area contributed by atoms with E-state index in [9.17, 15) is 0 Å². The fourth-order valence-electron chi connectivity index (χ4n) is 3.00. The summed E-state index contributed by atoms with van der Waals surface area (Å²) in [6, 6.07) is 1.68. The molecule has 0 amide bonds. The second kappa shape index (κ2) is 4.84. The Hall–Kier alpha value is -0.0800. The molecule has 0 aromatic carbocycles. The largest absolute Gasteiger partial charge is 0.311 e. The molecule has 2 nitrogen and oxygen atoms in total. The lowest BCUT2D eigenvalue weighted by Crippen LogP contribution is -2.52. The molecule has 0 aromatic heterocycles. The SMILES string of the molecule is CCC1CC1N1CCNC(CC(C)C)C1. The summed E-state index contributed by atoms with van der Waals surface area (Å²) in [5, 5.41) is 3.65. The molecule has 3 unspecified atom stereocenters. The number of nitrogens with zero attached hydrogens (tertiary/aromatic N) is 1. The molecule has 2 aliphatic rings. The molecule has 1 aliphatic heterocycles. The van der Waals surface area contributed by atoms with Crippen LogP contribution < -0.4 is 5.32 Å². The summed E-state index contributed by atoms with van der Waals surface area (Å²) < 4.78 is 0. The molecule has 0 radical (unpaired) electrons. The van der Waals surface area contributed by atoms with Crippen molar-refractivity contribution in [2.45, 2.75) is 52.1 Å². The van der Waals surface area contributed by atoms with Crippen LogP contribution in [-0.2, 0) is 0 Å². The van der Waals surface area contributed by atoms with Gasteiger partial charge in [-0.05, 0) is 24.7 Å². The van der Waals surface area contributed by atoms with Crippen LogP contribution in [0, 0.1) is 11.8 Å². The first-order valence-corrected chi connectivity index (χ1v) is 6.68. The number of piperazine rings is 1. The summed E-state index contributed by atoms with van der Waals surface area (Å²) in [6.45, 7) is 10.7. The molecule has 1 saturated carbocycles. The van der Waals surface area contributed by atoms with Crippen LogP contribution >= 0.6 is 0 Å². The zero-order valence-electron chi connectivity index (χ0n) is 10.5. The molecule has 88 valence electrons. The summed E-state index contributed by atoms with van der Waals surface area (Å²) in [7, 11) is 0. The average Bonchev–Trinajstić information content (AvgIpc) is 2.96. The average molecular weight is 210 g/mol. The van der Waals surface area contributed by atoms with Gasteiger partial charge in [-0.2, -0.15) is 0 Å². The van der Waals surface area contributed by atoms with Crippen LogP contribution in [0.5, 0.6) is 0 Å². The summed E-state index contributed by atoms with van der Waals surface area (Å²) >= 11 is 0. The molecule has 1 saturated heterocycles. The molecule has 3 atom stereocenters. The highest BCUT2D eigenvalue weighted by Crippen LogP contribution is 2.38. The third kappa shape index (κ3) is 2.94.